The predicted octanol–water partition coefficient (Wildman–Crippen LogP) is 3.63. The number of ether oxygens (including phenoxy) is 3. The lowest BCUT2D eigenvalue weighted by molar-refractivity contribution is -0.114. The number of rotatable bonds is 8. The Kier molecular flexibility index (Phi) is 7.19. The molecule has 3 rings (SSSR count). The Hall–Kier alpha value is -3.19. The molecule has 0 saturated carbocycles. The van der Waals surface area contributed by atoms with Crippen LogP contribution in [0.25, 0.3) is 0 Å². The van der Waals surface area contributed by atoms with Crippen LogP contribution in [0.2, 0.25) is 0 Å². The largest absolute Gasteiger partial charge is 0.491 e. The molecule has 1 aliphatic heterocycles. The molecule has 2 aromatic carbocycles. The van der Waals surface area contributed by atoms with Gasteiger partial charge in [0.1, 0.15) is 12.4 Å². The van der Waals surface area contributed by atoms with Crippen LogP contribution in [0, 0.1) is 0 Å². The van der Waals surface area contributed by atoms with E-state index in [0.717, 1.165) is 19.4 Å². The molecule has 0 aliphatic carbocycles. The Balaban J connectivity index is 1.57. The summed E-state index contributed by atoms with van der Waals surface area (Å²) in [7, 11) is 0. The van der Waals surface area contributed by atoms with Crippen LogP contribution >= 0.6 is 0 Å². The van der Waals surface area contributed by atoms with Crippen LogP contribution < -0.4 is 10.1 Å². The number of anilines is 1. The van der Waals surface area contributed by atoms with Gasteiger partial charge in [0.2, 0.25) is 11.7 Å². The molecule has 1 aliphatic rings. The van der Waals surface area contributed by atoms with E-state index in [1.165, 1.54) is 13.8 Å². The summed E-state index contributed by atoms with van der Waals surface area (Å²) in [5, 5.41) is 2.63. The minimum atomic E-state index is -0.958. The van der Waals surface area contributed by atoms with Crippen LogP contribution in [0.1, 0.15) is 47.4 Å². The second-order valence-corrected chi connectivity index (χ2v) is 7.14. The first-order valence-electron chi connectivity index (χ1n) is 9.89. The smallest absolute Gasteiger partial charge is 0.338 e. The number of carbonyl (C=O) groups excluding carboxylic acids is 3. The number of benzene rings is 2. The van der Waals surface area contributed by atoms with E-state index in [1.54, 1.807) is 48.5 Å². The van der Waals surface area contributed by atoms with Crippen LogP contribution in [0.5, 0.6) is 5.75 Å². The first-order chi connectivity index (χ1) is 14.4. The van der Waals surface area contributed by atoms with E-state index in [4.69, 9.17) is 14.2 Å². The quantitative estimate of drug-likeness (QED) is 0.527. The van der Waals surface area contributed by atoms with E-state index in [2.05, 4.69) is 5.32 Å². The molecule has 1 amide bonds. The molecule has 7 heteroatoms. The zero-order chi connectivity index (χ0) is 21.5. The van der Waals surface area contributed by atoms with E-state index in [9.17, 15) is 14.4 Å². The van der Waals surface area contributed by atoms with Gasteiger partial charge in [-0.2, -0.15) is 0 Å². The highest BCUT2D eigenvalue weighted by Gasteiger charge is 2.21. The van der Waals surface area contributed by atoms with E-state index >= 15 is 0 Å². The highest BCUT2D eigenvalue weighted by molar-refractivity contribution is 6.02. The standard InChI is InChI=1S/C23H25NO6/c1-15(22(26)17-8-10-19(11-9-17)24-16(2)25)30-23(27)18-5-3-6-20(13-18)29-14-21-7-4-12-28-21/h3,5-6,8-11,13,15,21H,4,7,12,14H2,1-2H3,(H,24,25)/t15-,21+/m0/s1. The Morgan fingerprint density at radius 3 is 2.57 bits per heavy atom. The van der Waals surface area contributed by atoms with Gasteiger partial charge < -0.3 is 19.5 Å². The molecule has 30 heavy (non-hydrogen) atoms. The second kappa shape index (κ2) is 10.0. The summed E-state index contributed by atoms with van der Waals surface area (Å²) in [5.41, 5.74) is 1.28. The molecule has 0 aromatic heterocycles. The molecule has 0 radical (unpaired) electrons. The lowest BCUT2D eigenvalue weighted by Crippen LogP contribution is -2.24. The third-order valence-electron chi connectivity index (χ3n) is 4.67. The van der Waals surface area contributed by atoms with Crippen molar-refractivity contribution in [2.75, 3.05) is 18.5 Å². The lowest BCUT2D eigenvalue weighted by Gasteiger charge is -2.14. The van der Waals surface area contributed by atoms with Crippen molar-refractivity contribution in [2.24, 2.45) is 0 Å². The molecule has 158 valence electrons. The summed E-state index contributed by atoms with van der Waals surface area (Å²) in [6.07, 6.45) is 1.12. The van der Waals surface area contributed by atoms with Crippen molar-refractivity contribution in [1.29, 1.82) is 0 Å². The molecule has 1 N–H and O–H groups in total. The molecule has 0 unspecified atom stereocenters. The third kappa shape index (κ3) is 5.90. The predicted molar refractivity (Wildman–Crippen MR) is 111 cm³/mol. The molecule has 0 bridgehead atoms. The monoisotopic (exact) mass is 411 g/mol. The van der Waals surface area contributed by atoms with E-state index in [-0.39, 0.29) is 17.8 Å². The van der Waals surface area contributed by atoms with Gasteiger partial charge in [-0.15, -0.1) is 0 Å². The van der Waals surface area contributed by atoms with Gasteiger partial charge in [0.05, 0.1) is 11.7 Å². The SMILES string of the molecule is CC(=O)Nc1ccc(C(=O)[C@H](C)OC(=O)c2cccc(OC[C@H]3CCCO3)c2)cc1. The molecule has 1 heterocycles. The molecular weight excluding hydrogens is 386 g/mol. The lowest BCUT2D eigenvalue weighted by atomic mass is 10.1. The number of carbonyl (C=O) groups is 3. The molecular formula is C23H25NO6. The van der Waals surface area contributed by atoms with Crippen molar-refractivity contribution >= 4 is 23.3 Å². The van der Waals surface area contributed by atoms with Crippen molar-refractivity contribution in [1.82, 2.24) is 0 Å². The number of ketones is 1. The summed E-state index contributed by atoms with van der Waals surface area (Å²) in [5.74, 6) is -0.581. The minimum absolute atomic E-state index is 0.0790. The van der Waals surface area contributed by atoms with Crippen LogP contribution in [0.3, 0.4) is 0 Å². The van der Waals surface area contributed by atoms with Crippen LogP contribution in [0.4, 0.5) is 5.69 Å². The zero-order valence-corrected chi connectivity index (χ0v) is 17.1. The summed E-state index contributed by atoms with van der Waals surface area (Å²) >= 11 is 0. The summed E-state index contributed by atoms with van der Waals surface area (Å²) in [6, 6.07) is 13.1. The molecule has 0 spiro atoms. The van der Waals surface area contributed by atoms with E-state index in [0.29, 0.717) is 29.2 Å². The average molecular weight is 411 g/mol. The summed E-state index contributed by atoms with van der Waals surface area (Å²) in [6.45, 7) is 4.12. The number of hydrogen-bond acceptors (Lipinski definition) is 6. The number of Topliss-reactive ketones (excluding diaryl/α,β-unsaturated/α-hetero) is 1. The number of hydrogen-bond donors (Lipinski definition) is 1. The summed E-state index contributed by atoms with van der Waals surface area (Å²) in [4.78, 5) is 36.1. The number of amides is 1. The average Bonchev–Trinajstić information content (AvgIpc) is 3.26. The van der Waals surface area contributed by atoms with Crippen LogP contribution in [0.15, 0.2) is 48.5 Å². The van der Waals surface area contributed by atoms with Gasteiger partial charge >= 0.3 is 5.97 Å². The highest BCUT2D eigenvalue weighted by Crippen LogP contribution is 2.19. The Morgan fingerprint density at radius 2 is 1.90 bits per heavy atom. The maximum Gasteiger partial charge on any atom is 0.338 e. The maximum absolute atomic E-state index is 12.6. The molecule has 1 fully saturated rings. The first kappa shape index (κ1) is 21.5. The Bertz CT molecular complexity index is 902. The molecule has 7 nitrogen and oxygen atoms in total. The van der Waals surface area contributed by atoms with E-state index < -0.39 is 12.1 Å². The highest BCUT2D eigenvalue weighted by atomic mass is 16.5. The van der Waals surface area contributed by atoms with Gasteiger partial charge in [0.15, 0.2) is 6.10 Å². The molecule has 2 aromatic rings. The van der Waals surface area contributed by atoms with Crippen molar-refractivity contribution in [3.63, 3.8) is 0 Å². The van der Waals surface area contributed by atoms with Crippen LogP contribution in [-0.2, 0) is 14.3 Å². The normalized spacial score (nSPS) is 16.5. The fourth-order valence-corrected chi connectivity index (χ4v) is 3.12. The molecule has 1 saturated heterocycles. The third-order valence-corrected chi connectivity index (χ3v) is 4.67. The van der Waals surface area contributed by atoms with Gasteiger partial charge in [-0.1, -0.05) is 6.07 Å². The van der Waals surface area contributed by atoms with E-state index in [1.807, 2.05) is 0 Å². The van der Waals surface area contributed by atoms with Gasteiger partial charge in [0, 0.05) is 24.8 Å². The fourth-order valence-electron chi connectivity index (χ4n) is 3.12. The van der Waals surface area contributed by atoms with Crippen molar-refractivity contribution in [2.45, 2.75) is 38.9 Å². The van der Waals surface area contributed by atoms with Gasteiger partial charge in [-0.3, -0.25) is 9.59 Å². The van der Waals surface area contributed by atoms with Gasteiger partial charge in [0.25, 0.3) is 0 Å². The van der Waals surface area contributed by atoms with Gasteiger partial charge in [-0.25, -0.2) is 4.79 Å². The zero-order valence-electron chi connectivity index (χ0n) is 17.1. The minimum Gasteiger partial charge on any atom is -0.491 e. The molecule has 2 atom stereocenters. The van der Waals surface area contributed by atoms with Crippen molar-refractivity contribution in [3.05, 3.63) is 59.7 Å². The fraction of sp³-hybridized carbons (Fsp3) is 0.348. The van der Waals surface area contributed by atoms with Crippen LogP contribution in [-0.4, -0.2) is 43.1 Å². The topological polar surface area (TPSA) is 90.9 Å². The summed E-state index contributed by atoms with van der Waals surface area (Å²) < 4.78 is 16.6. The number of nitrogens with one attached hydrogen (secondary N) is 1. The number of esters is 1. The maximum atomic E-state index is 12.6. The Morgan fingerprint density at radius 1 is 1.13 bits per heavy atom. The second-order valence-electron chi connectivity index (χ2n) is 7.14. The Labute approximate surface area is 175 Å². The van der Waals surface area contributed by atoms with Crippen molar-refractivity contribution in [3.8, 4) is 5.75 Å². The first-order valence-corrected chi connectivity index (χ1v) is 9.89. The van der Waals surface area contributed by atoms with Gasteiger partial charge in [-0.05, 0) is 62.2 Å². The van der Waals surface area contributed by atoms with Crippen molar-refractivity contribution < 1.29 is 28.6 Å².